The zero-order valence-corrected chi connectivity index (χ0v) is 16.3. The van der Waals surface area contributed by atoms with Crippen LogP contribution in [0.2, 0.25) is 0 Å². The first kappa shape index (κ1) is 18.7. The Kier molecular flexibility index (Phi) is 5.88. The normalized spacial score (nSPS) is 13.0. The van der Waals surface area contributed by atoms with Crippen molar-refractivity contribution >= 4 is 32.6 Å². The van der Waals surface area contributed by atoms with E-state index in [1.54, 1.807) is 6.07 Å². The Balaban J connectivity index is 2.23. The SMILES string of the molecule is CC[NH+](CC(=O)NC(C)(C)C)Cc1c(O)ccc2cc(Br)ccc12. The molecule has 2 aromatic rings. The first-order chi connectivity index (χ1) is 11.2. The van der Waals surface area contributed by atoms with Crippen molar-refractivity contribution in [3.63, 3.8) is 0 Å². The highest BCUT2D eigenvalue weighted by molar-refractivity contribution is 9.10. The van der Waals surface area contributed by atoms with Gasteiger partial charge in [-0.25, -0.2) is 0 Å². The van der Waals surface area contributed by atoms with Gasteiger partial charge in [0.05, 0.1) is 12.1 Å². The van der Waals surface area contributed by atoms with E-state index < -0.39 is 0 Å². The maximum absolute atomic E-state index is 12.2. The van der Waals surface area contributed by atoms with Crippen molar-refractivity contribution in [1.29, 1.82) is 0 Å². The van der Waals surface area contributed by atoms with Crippen molar-refractivity contribution in [2.24, 2.45) is 0 Å². The molecule has 2 aromatic carbocycles. The van der Waals surface area contributed by atoms with Gasteiger partial charge < -0.3 is 15.3 Å². The van der Waals surface area contributed by atoms with E-state index in [1.807, 2.05) is 45.0 Å². The Morgan fingerprint density at radius 3 is 2.58 bits per heavy atom. The number of likely N-dealkylation sites (N-methyl/N-ethyl adjacent to an activating group) is 1. The summed E-state index contributed by atoms with van der Waals surface area (Å²) < 4.78 is 1.01. The van der Waals surface area contributed by atoms with Crippen LogP contribution in [0.4, 0.5) is 0 Å². The average Bonchev–Trinajstić information content (AvgIpc) is 2.47. The van der Waals surface area contributed by atoms with Crippen molar-refractivity contribution < 1.29 is 14.8 Å². The van der Waals surface area contributed by atoms with Gasteiger partial charge in [-0.15, -0.1) is 0 Å². The molecule has 24 heavy (non-hydrogen) atoms. The second-order valence-corrected chi connectivity index (χ2v) is 8.10. The minimum atomic E-state index is -0.232. The van der Waals surface area contributed by atoms with Gasteiger partial charge in [0.1, 0.15) is 12.3 Å². The number of rotatable bonds is 5. The average molecular weight is 394 g/mol. The van der Waals surface area contributed by atoms with Crippen LogP contribution in [-0.4, -0.2) is 29.6 Å². The Hall–Kier alpha value is -1.59. The van der Waals surface area contributed by atoms with Crippen LogP contribution in [-0.2, 0) is 11.3 Å². The minimum absolute atomic E-state index is 0.0295. The van der Waals surface area contributed by atoms with E-state index in [9.17, 15) is 9.90 Å². The summed E-state index contributed by atoms with van der Waals surface area (Å²) in [6, 6.07) is 9.67. The second-order valence-electron chi connectivity index (χ2n) is 7.18. The second kappa shape index (κ2) is 7.53. The summed E-state index contributed by atoms with van der Waals surface area (Å²) in [5.74, 6) is 0.314. The number of hydrogen-bond acceptors (Lipinski definition) is 2. The van der Waals surface area contributed by atoms with Crippen LogP contribution in [0.5, 0.6) is 5.75 Å². The lowest BCUT2D eigenvalue weighted by molar-refractivity contribution is -0.904. The molecule has 1 unspecified atom stereocenters. The molecule has 0 radical (unpaired) electrons. The number of halogens is 1. The molecule has 0 aromatic heterocycles. The van der Waals surface area contributed by atoms with Gasteiger partial charge in [-0.2, -0.15) is 0 Å². The maximum atomic E-state index is 12.2. The third-order valence-electron chi connectivity index (χ3n) is 3.92. The van der Waals surface area contributed by atoms with Crippen LogP contribution >= 0.6 is 15.9 Å². The van der Waals surface area contributed by atoms with E-state index in [-0.39, 0.29) is 17.2 Å². The van der Waals surface area contributed by atoms with Crippen LogP contribution in [0.15, 0.2) is 34.8 Å². The van der Waals surface area contributed by atoms with Gasteiger partial charge in [-0.05, 0) is 56.7 Å². The zero-order chi connectivity index (χ0) is 17.9. The van der Waals surface area contributed by atoms with Crippen LogP contribution in [0.25, 0.3) is 10.8 Å². The predicted molar refractivity (Wildman–Crippen MR) is 101 cm³/mol. The highest BCUT2D eigenvalue weighted by atomic mass is 79.9. The Morgan fingerprint density at radius 1 is 1.25 bits per heavy atom. The molecular weight excluding hydrogens is 368 g/mol. The molecular formula is C19H26BrN2O2+. The molecule has 0 aliphatic heterocycles. The number of carbonyl (C=O) groups is 1. The number of hydrogen-bond donors (Lipinski definition) is 3. The van der Waals surface area contributed by atoms with Crippen molar-refractivity contribution in [1.82, 2.24) is 5.32 Å². The van der Waals surface area contributed by atoms with Crippen LogP contribution in [0.1, 0.15) is 33.3 Å². The fourth-order valence-electron chi connectivity index (χ4n) is 2.79. The number of quaternary nitrogens is 1. The van der Waals surface area contributed by atoms with Crippen molar-refractivity contribution in [2.45, 2.75) is 39.8 Å². The third kappa shape index (κ3) is 4.95. The van der Waals surface area contributed by atoms with Crippen molar-refractivity contribution in [3.8, 4) is 5.75 Å². The topological polar surface area (TPSA) is 53.8 Å². The number of phenols is 1. The molecule has 130 valence electrons. The van der Waals surface area contributed by atoms with E-state index in [1.165, 1.54) is 0 Å². The lowest BCUT2D eigenvalue weighted by Gasteiger charge is -2.23. The van der Waals surface area contributed by atoms with Crippen molar-refractivity contribution in [2.75, 3.05) is 13.1 Å². The number of carbonyl (C=O) groups excluding carboxylic acids is 1. The zero-order valence-electron chi connectivity index (χ0n) is 14.7. The predicted octanol–water partition coefficient (Wildman–Crippen LogP) is 2.63. The standard InChI is InChI=1S/C19H25BrN2O2/c1-5-22(12-18(24)21-19(2,3)4)11-16-15-8-7-14(20)10-13(15)6-9-17(16)23/h6-10,23H,5,11-12H2,1-4H3,(H,21,24)/p+1. The van der Waals surface area contributed by atoms with Gasteiger partial charge in [-0.3, -0.25) is 4.79 Å². The molecule has 0 bridgehead atoms. The molecule has 3 N–H and O–H groups in total. The first-order valence-electron chi connectivity index (χ1n) is 8.24. The van der Waals surface area contributed by atoms with E-state index in [0.717, 1.165) is 32.3 Å². The molecule has 0 saturated heterocycles. The van der Waals surface area contributed by atoms with Crippen LogP contribution in [0, 0.1) is 0 Å². The van der Waals surface area contributed by atoms with Crippen molar-refractivity contribution in [3.05, 3.63) is 40.4 Å². The molecule has 4 nitrogen and oxygen atoms in total. The maximum Gasteiger partial charge on any atom is 0.275 e. The van der Waals surface area contributed by atoms with E-state index >= 15 is 0 Å². The fraction of sp³-hybridized carbons (Fsp3) is 0.421. The number of nitrogens with one attached hydrogen (secondary N) is 2. The highest BCUT2D eigenvalue weighted by Gasteiger charge is 2.20. The molecule has 1 amide bonds. The number of aromatic hydroxyl groups is 1. The van der Waals surface area contributed by atoms with Gasteiger partial charge in [0.2, 0.25) is 0 Å². The quantitative estimate of drug-likeness (QED) is 0.731. The van der Waals surface area contributed by atoms with Gasteiger partial charge >= 0.3 is 0 Å². The molecule has 0 heterocycles. The molecule has 0 aliphatic carbocycles. The monoisotopic (exact) mass is 393 g/mol. The molecule has 0 aliphatic rings. The minimum Gasteiger partial charge on any atom is -0.507 e. The summed E-state index contributed by atoms with van der Waals surface area (Å²) in [6.07, 6.45) is 0. The van der Waals surface area contributed by atoms with Gasteiger partial charge in [0.25, 0.3) is 5.91 Å². The fourth-order valence-corrected chi connectivity index (χ4v) is 3.17. The summed E-state index contributed by atoms with van der Waals surface area (Å²) in [4.78, 5) is 13.3. The first-order valence-corrected chi connectivity index (χ1v) is 9.03. The number of fused-ring (bicyclic) bond motifs is 1. The van der Waals surface area contributed by atoms with E-state index in [2.05, 4.69) is 28.2 Å². The smallest absolute Gasteiger partial charge is 0.275 e. The molecule has 0 saturated carbocycles. The lowest BCUT2D eigenvalue weighted by atomic mass is 10.0. The van der Waals surface area contributed by atoms with Gasteiger partial charge in [0.15, 0.2) is 6.54 Å². The molecule has 2 rings (SSSR count). The summed E-state index contributed by atoms with van der Waals surface area (Å²) in [5.41, 5.74) is 0.657. The summed E-state index contributed by atoms with van der Waals surface area (Å²) in [7, 11) is 0. The third-order valence-corrected chi connectivity index (χ3v) is 4.41. The number of phenolic OH excluding ortho intramolecular Hbond substituents is 1. The largest absolute Gasteiger partial charge is 0.507 e. The van der Waals surface area contributed by atoms with Crippen LogP contribution < -0.4 is 10.2 Å². The van der Waals surface area contributed by atoms with E-state index in [0.29, 0.717) is 13.1 Å². The lowest BCUT2D eigenvalue weighted by Crippen LogP contribution is -3.11. The molecule has 0 fully saturated rings. The Morgan fingerprint density at radius 2 is 1.96 bits per heavy atom. The van der Waals surface area contributed by atoms with E-state index in [4.69, 9.17) is 0 Å². The number of benzene rings is 2. The Bertz CT molecular complexity index is 738. The Labute approximate surface area is 152 Å². The molecule has 0 spiro atoms. The molecule has 1 atom stereocenters. The summed E-state index contributed by atoms with van der Waals surface area (Å²) in [5, 5.41) is 15.4. The van der Waals surface area contributed by atoms with Gasteiger partial charge in [0, 0.05) is 10.0 Å². The molecule has 5 heteroatoms. The number of amides is 1. The summed E-state index contributed by atoms with van der Waals surface area (Å²) in [6.45, 7) is 9.79. The van der Waals surface area contributed by atoms with Crippen LogP contribution in [0.3, 0.4) is 0 Å². The highest BCUT2D eigenvalue weighted by Crippen LogP contribution is 2.28. The van der Waals surface area contributed by atoms with Gasteiger partial charge in [-0.1, -0.05) is 28.1 Å². The summed E-state index contributed by atoms with van der Waals surface area (Å²) >= 11 is 3.48.